The first-order valence-corrected chi connectivity index (χ1v) is 5.44. The third-order valence-corrected chi connectivity index (χ3v) is 2.16. The largest absolute Gasteiger partial charge is 0.355 e. The number of hydrogen-bond donors (Lipinski definition) is 2. The van der Waals surface area contributed by atoms with Crippen molar-refractivity contribution in [2.75, 3.05) is 19.6 Å². The van der Waals surface area contributed by atoms with Crippen LogP contribution in [-0.4, -0.2) is 25.5 Å². The molecular weight excluding hydrogens is 207 g/mol. The van der Waals surface area contributed by atoms with Crippen molar-refractivity contribution in [1.82, 2.24) is 10.6 Å². The highest BCUT2D eigenvalue weighted by Crippen LogP contribution is 2.02. The van der Waals surface area contributed by atoms with Gasteiger partial charge in [0.25, 0.3) is 0 Å². The molecule has 1 aromatic carbocycles. The summed E-state index contributed by atoms with van der Waals surface area (Å²) in [6, 6.07) is 6.39. The molecule has 0 heterocycles. The van der Waals surface area contributed by atoms with Gasteiger partial charge in [-0.25, -0.2) is 4.39 Å². The smallest absolute Gasteiger partial charge is 0.233 e. The fraction of sp³-hybridized carbons (Fsp3) is 0.417. The lowest BCUT2D eigenvalue weighted by atomic mass is 10.1. The van der Waals surface area contributed by atoms with Crippen molar-refractivity contribution in [3.8, 4) is 0 Å². The summed E-state index contributed by atoms with van der Waals surface area (Å²) in [7, 11) is 0. The first kappa shape index (κ1) is 12.6. The van der Waals surface area contributed by atoms with Gasteiger partial charge in [-0.2, -0.15) is 0 Å². The molecule has 0 bridgehead atoms. The summed E-state index contributed by atoms with van der Waals surface area (Å²) in [4.78, 5) is 11.1. The van der Waals surface area contributed by atoms with E-state index in [0.717, 1.165) is 12.0 Å². The molecule has 4 heteroatoms. The lowest BCUT2D eigenvalue weighted by Gasteiger charge is -2.05. The van der Waals surface area contributed by atoms with Gasteiger partial charge in [0.2, 0.25) is 5.91 Å². The monoisotopic (exact) mass is 224 g/mol. The number of rotatable bonds is 6. The van der Waals surface area contributed by atoms with E-state index < -0.39 is 0 Å². The Bertz CT molecular complexity index is 324. The van der Waals surface area contributed by atoms with Crippen LogP contribution in [0.3, 0.4) is 0 Å². The fourth-order valence-electron chi connectivity index (χ4n) is 1.35. The van der Waals surface area contributed by atoms with Crippen molar-refractivity contribution >= 4 is 5.91 Å². The number of likely N-dealkylation sites (N-methyl/N-ethyl adjacent to an activating group) is 1. The molecule has 3 nitrogen and oxygen atoms in total. The molecule has 1 rings (SSSR count). The molecule has 2 N–H and O–H groups in total. The van der Waals surface area contributed by atoms with E-state index in [2.05, 4.69) is 10.6 Å². The van der Waals surface area contributed by atoms with E-state index in [1.807, 2.05) is 6.92 Å². The number of carbonyl (C=O) groups excluding carboxylic acids is 1. The molecule has 88 valence electrons. The van der Waals surface area contributed by atoms with E-state index in [1.165, 1.54) is 12.1 Å². The van der Waals surface area contributed by atoms with Crippen molar-refractivity contribution in [3.63, 3.8) is 0 Å². The highest BCUT2D eigenvalue weighted by atomic mass is 19.1. The zero-order valence-electron chi connectivity index (χ0n) is 9.42. The van der Waals surface area contributed by atoms with Crippen molar-refractivity contribution in [3.05, 3.63) is 35.6 Å². The summed E-state index contributed by atoms with van der Waals surface area (Å²) in [5.41, 5.74) is 1.06. The van der Waals surface area contributed by atoms with E-state index in [1.54, 1.807) is 12.1 Å². The summed E-state index contributed by atoms with van der Waals surface area (Å²) in [6.07, 6.45) is 0.791. The molecule has 0 aliphatic rings. The Morgan fingerprint density at radius 2 is 2.00 bits per heavy atom. The van der Waals surface area contributed by atoms with Crippen LogP contribution in [0.2, 0.25) is 0 Å². The predicted molar refractivity (Wildman–Crippen MR) is 61.7 cm³/mol. The van der Waals surface area contributed by atoms with Gasteiger partial charge < -0.3 is 10.6 Å². The van der Waals surface area contributed by atoms with Gasteiger partial charge >= 0.3 is 0 Å². The maximum absolute atomic E-state index is 12.6. The minimum absolute atomic E-state index is 0.00149. The first-order valence-electron chi connectivity index (χ1n) is 5.44. The van der Waals surface area contributed by atoms with Crippen molar-refractivity contribution < 1.29 is 9.18 Å². The molecule has 0 aliphatic heterocycles. The molecule has 1 amide bonds. The molecular formula is C12H17FN2O. The van der Waals surface area contributed by atoms with Crippen LogP contribution in [0.1, 0.15) is 12.5 Å². The summed E-state index contributed by atoms with van der Waals surface area (Å²) in [6.45, 7) is 3.58. The standard InChI is InChI=1S/C12H17FN2O/c1-2-15-12(16)9-14-8-7-10-3-5-11(13)6-4-10/h3-6,14H,2,7-9H2,1H3,(H,15,16). The summed E-state index contributed by atoms with van der Waals surface area (Å²) >= 11 is 0. The highest BCUT2D eigenvalue weighted by Gasteiger charge is 1.98. The van der Waals surface area contributed by atoms with Crippen LogP contribution >= 0.6 is 0 Å². The first-order chi connectivity index (χ1) is 7.72. The van der Waals surface area contributed by atoms with E-state index in [9.17, 15) is 9.18 Å². The Labute approximate surface area is 95.0 Å². The average molecular weight is 224 g/mol. The molecule has 16 heavy (non-hydrogen) atoms. The van der Waals surface area contributed by atoms with Crippen molar-refractivity contribution in [2.45, 2.75) is 13.3 Å². The summed E-state index contributed by atoms with van der Waals surface area (Å²) in [5.74, 6) is -0.222. The molecule has 0 fully saturated rings. The van der Waals surface area contributed by atoms with Crippen molar-refractivity contribution in [1.29, 1.82) is 0 Å². The maximum Gasteiger partial charge on any atom is 0.233 e. The number of halogens is 1. The quantitative estimate of drug-likeness (QED) is 0.710. The van der Waals surface area contributed by atoms with E-state index in [0.29, 0.717) is 19.6 Å². The van der Waals surface area contributed by atoms with Gasteiger partial charge in [-0.15, -0.1) is 0 Å². The Hall–Kier alpha value is -1.42. The second-order valence-corrected chi connectivity index (χ2v) is 3.51. The van der Waals surface area contributed by atoms with E-state index in [4.69, 9.17) is 0 Å². The second-order valence-electron chi connectivity index (χ2n) is 3.51. The number of nitrogens with one attached hydrogen (secondary N) is 2. The van der Waals surface area contributed by atoms with Crippen LogP contribution in [-0.2, 0) is 11.2 Å². The third-order valence-electron chi connectivity index (χ3n) is 2.16. The Kier molecular flexibility index (Phi) is 5.50. The fourth-order valence-corrected chi connectivity index (χ4v) is 1.35. The van der Waals surface area contributed by atoms with Crippen LogP contribution in [0.25, 0.3) is 0 Å². The van der Waals surface area contributed by atoms with Gasteiger partial charge in [0.05, 0.1) is 6.54 Å². The highest BCUT2D eigenvalue weighted by molar-refractivity contribution is 5.77. The van der Waals surface area contributed by atoms with Gasteiger partial charge in [0.15, 0.2) is 0 Å². The Morgan fingerprint density at radius 1 is 1.31 bits per heavy atom. The number of benzene rings is 1. The second kappa shape index (κ2) is 6.95. The minimum atomic E-state index is -0.223. The molecule has 0 saturated heterocycles. The van der Waals surface area contributed by atoms with Crippen LogP contribution in [0.5, 0.6) is 0 Å². The van der Waals surface area contributed by atoms with Crippen LogP contribution in [0, 0.1) is 5.82 Å². The zero-order valence-corrected chi connectivity index (χ0v) is 9.42. The lowest BCUT2D eigenvalue weighted by Crippen LogP contribution is -2.34. The lowest BCUT2D eigenvalue weighted by molar-refractivity contribution is -0.120. The van der Waals surface area contributed by atoms with Crippen LogP contribution < -0.4 is 10.6 Å². The van der Waals surface area contributed by atoms with Gasteiger partial charge in [0, 0.05) is 6.54 Å². The van der Waals surface area contributed by atoms with Crippen molar-refractivity contribution in [2.24, 2.45) is 0 Å². The maximum atomic E-state index is 12.6. The Morgan fingerprint density at radius 3 is 2.62 bits per heavy atom. The summed E-state index contributed by atoms with van der Waals surface area (Å²) < 4.78 is 12.6. The molecule has 0 radical (unpaired) electrons. The normalized spacial score (nSPS) is 10.1. The molecule has 1 aromatic rings. The SMILES string of the molecule is CCNC(=O)CNCCc1ccc(F)cc1. The third kappa shape index (κ3) is 4.89. The minimum Gasteiger partial charge on any atom is -0.355 e. The number of hydrogen-bond acceptors (Lipinski definition) is 2. The topological polar surface area (TPSA) is 41.1 Å². The zero-order chi connectivity index (χ0) is 11.8. The van der Waals surface area contributed by atoms with Gasteiger partial charge in [-0.1, -0.05) is 12.1 Å². The molecule has 0 spiro atoms. The van der Waals surface area contributed by atoms with Gasteiger partial charge in [-0.3, -0.25) is 4.79 Å². The predicted octanol–water partition coefficient (Wildman–Crippen LogP) is 1.09. The average Bonchev–Trinajstić information content (AvgIpc) is 2.27. The Balaban J connectivity index is 2.16. The van der Waals surface area contributed by atoms with E-state index in [-0.39, 0.29) is 11.7 Å². The number of carbonyl (C=O) groups is 1. The molecule has 0 aliphatic carbocycles. The molecule has 0 unspecified atom stereocenters. The van der Waals surface area contributed by atoms with E-state index >= 15 is 0 Å². The molecule has 0 saturated carbocycles. The van der Waals surface area contributed by atoms with Gasteiger partial charge in [-0.05, 0) is 37.6 Å². The van der Waals surface area contributed by atoms with Gasteiger partial charge in [0.1, 0.15) is 5.82 Å². The molecule has 0 aromatic heterocycles. The van der Waals surface area contributed by atoms with Crippen LogP contribution in [0.15, 0.2) is 24.3 Å². The van der Waals surface area contributed by atoms with Crippen LogP contribution in [0.4, 0.5) is 4.39 Å². The molecule has 0 atom stereocenters. The number of amides is 1. The summed E-state index contributed by atoms with van der Waals surface area (Å²) in [5, 5.41) is 5.73.